The maximum Gasteiger partial charge on any atom is 3.00 e. The molecule has 43 valence electrons. The first kappa shape index (κ1) is 10.5. The molecule has 1 radical (unpaired) electrons. The summed E-state index contributed by atoms with van der Waals surface area (Å²) in [4.78, 5) is 27.1. The molecular weight excluding hydrogens is 164 g/mol. The zero-order chi connectivity index (χ0) is 5.21. The van der Waals surface area contributed by atoms with Gasteiger partial charge in [-0.3, -0.25) is 5.26 Å². The van der Waals surface area contributed by atoms with E-state index < -0.39 is 9.05 Å². The van der Waals surface area contributed by atoms with Gasteiger partial charge in [-0.25, -0.2) is 0 Å². The van der Waals surface area contributed by atoms with E-state index in [0.29, 0.717) is 0 Å². The van der Waals surface area contributed by atoms with E-state index in [-0.39, 0.29) is 17.1 Å². The van der Waals surface area contributed by atoms with E-state index in [9.17, 15) is 0 Å². The predicted octanol–water partition coefficient (Wildman–Crippen LogP) is -4.01. The van der Waals surface area contributed by atoms with Crippen LogP contribution in [0.3, 0.4) is 0 Å². The maximum atomic E-state index is 9.03. The molecule has 0 spiro atoms. The second-order valence-corrected chi connectivity index (χ2v) is 1.77. The largest absolute Gasteiger partial charge is 3.00 e. The number of rotatable bonds is 1. The summed E-state index contributed by atoms with van der Waals surface area (Å²) in [5.41, 5.74) is 0. The van der Waals surface area contributed by atoms with Crippen LogP contribution in [-0.4, -0.2) is 14.3 Å². The molecule has 0 aromatic carbocycles. The van der Waals surface area contributed by atoms with E-state index in [1.54, 1.807) is 0 Å². The molecule has 0 aliphatic carbocycles. The molecule has 0 aromatic heterocycles. The standard InChI is InChI=1S/Fe.HO5Si/c;1-5-6(2,3)4/h;1H/q+3;-3. The van der Waals surface area contributed by atoms with Gasteiger partial charge in [-0.05, 0) is 0 Å². The third kappa shape index (κ3) is 10.8. The van der Waals surface area contributed by atoms with Crippen molar-refractivity contribution in [1.29, 1.82) is 0 Å². The number of hydrogen-bond acceptors (Lipinski definition) is 5. The van der Waals surface area contributed by atoms with Crippen molar-refractivity contribution in [3.63, 3.8) is 0 Å². The second-order valence-electron chi connectivity index (χ2n) is 0.591. The quantitative estimate of drug-likeness (QED) is 0.242. The molecule has 0 saturated carbocycles. The molecule has 0 rings (SSSR count). The van der Waals surface area contributed by atoms with E-state index >= 15 is 0 Å². The Morgan fingerprint density at radius 3 is 1.43 bits per heavy atom. The second kappa shape index (κ2) is 3.53. The summed E-state index contributed by atoms with van der Waals surface area (Å²) in [7, 11) is -5.33. The van der Waals surface area contributed by atoms with Gasteiger partial charge in [0.1, 0.15) is 0 Å². The average molecular weight is 165 g/mol. The molecule has 0 aliphatic heterocycles. The van der Waals surface area contributed by atoms with Crippen molar-refractivity contribution >= 4 is 9.05 Å². The van der Waals surface area contributed by atoms with Gasteiger partial charge in [0.2, 0.25) is 0 Å². The van der Waals surface area contributed by atoms with Crippen molar-refractivity contribution in [3.8, 4) is 0 Å². The Hall–Kier alpha value is 0.536. The van der Waals surface area contributed by atoms with Crippen LogP contribution in [0.4, 0.5) is 0 Å². The Bertz CT molecular complexity index is 37.8. The van der Waals surface area contributed by atoms with Gasteiger partial charge in [-0.2, -0.15) is 0 Å². The third-order valence-corrected chi connectivity index (χ3v) is 0.335. The van der Waals surface area contributed by atoms with E-state index in [0.717, 1.165) is 0 Å². The number of hydrogen-bond donors (Lipinski definition) is 1. The molecule has 1 N–H and O–H groups in total. The van der Waals surface area contributed by atoms with E-state index in [4.69, 9.17) is 19.6 Å². The molecule has 5 nitrogen and oxygen atoms in total. The predicted molar refractivity (Wildman–Crippen MR) is 9.47 cm³/mol. The molecule has 0 atom stereocenters. The Balaban J connectivity index is 0. The van der Waals surface area contributed by atoms with Crippen LogP contribution in [-0.2, 0) is 21.6 Å². The fourth-order valence-electron chi connectivity index (χ4n) is 0. The van der Waals surface area contributed by atoms with Crippen LogP contribution in [0.2, 0.25) is 0 Å². The van der Waals surface area contributed by atoms with Crippen LogP contribution in [0.5, 0.6) is 0 Å². The molecule has 7 heteroatoms. The van der Waals surface area contributed by atoms with Crippen molar-refractivity contribution < 1.29 is 41.3 Å². The first-order valence-corrected chi connectivity index (χ1v) is 2.63. The van der Waals surface area contributed by atoms with Crippen LogP contribution in [0.1, 0.15) is 0 Å². The zero-order valence-corrected chi connectivity index (χ0v) is 5.04. The van der Waals surface area contributed by atoms with Gasteiger partial charge in [-0.1, -0.05) is 9.05 Å². The molecule has 0 aromatic rings. The molecule has 7 heavy (non-hydrogen) atoms. The Morgan fingerprint density at radius 2 is 1.43 bits per heavy atom. The SMILES string of the molecule is [Fe+3].[O-][Si]([O-])([O-])OO. The molecule has 0 amide bonds. The summed E-state index contributed by atoms with van der Waals surface area (Å²) in [6.45, 7) is 0. The smallest absolute Gasteiger partial charge is 0.859 e. The summed E-state index contributed by atoms with van der Waals surface area (Å²) < 4.78 is 2.41. The summed E-state index contributed by atoms with van der Waals surface area (Å²) in [6, 6.07) is 0. The van der Waals surface area contributed by atoms with Crippen LogP contribution >= 0.6 is 0 Å². The average Bonchev–Trinajstić information content (AvgIpc) is 1.35. The monoisotopic (exact) mass is 165 g/mol. The van der Waals surface area contributed by atoms with Crippen molar-refractivity contribution in [3.05, 3.63) is 0 Å². The Morgan fingerprint density at radius 1 is 1.29 bits per heavy atom. The van der Waals surface area contributed by atoms with Gasteiger partial charge in [0.05, 0.1) is 0 Å². The minimum absolute atomic E-state index is 0. The van der Waals surface area contributed by atoms with E-state index in [1.807, 2.05) is 0 Å². The summed E-state index contributed by atoms with van der Waals surface area (Å²) >= 11 is 0. The van der Waals surface area contributed by atoms with Crippen LogP contribution in [0, 0.1) is 0 Å². The summed E-state index contributed by atoms with van der Waals surface area (Å²) in [5.74, 6) is 0. The molecular formula is HFeO5Si. The Labute approximate surface area is 51.1 Å². The van der Waals surface area contributed by atoms with Crippen molar-refractivity contribution in [1.82, 2.24) is 0 Å². The topological polar surface area (TPSA) is 98.6 Å². The van der Waals surface area contributed by atoms with Crippen LogP contribution in [0.25, 0.3) is 0 Å². The van der Waals surface area contributed by atoms with Crippen LogP contribution in [0.15, 0.2) is 0 Å². The van der Waals surface area contributed by atoms with Crippen LogP contribution < -0.4 is 14.4 Å². The van der Waals surface area contributed by atoms with Gasteiger partial charge < -0.3 is 19.0 Å². The molecule has 0 saturated heterocycles. The molecule has 0 fully saturated rings. The molecule has 0 heterocycles. The van der Waals surface area contributed by atoms with Gasteiger partial charge in [0.15, 0.2) is 0 Å². The molecule has 0 aliphatic rings. The van der Waals surface area contributed by atoms with Crippen molar-refractivity contribution in [2.75, 3.05) is 0 Å². The molecule has 0 unspecified atom stereocenters. The summed E-state index contributed by atoms with van der Waals surface area (Å²) in [6.07, 6.45) is 0. The summed E-state index contributed by atoms with van der Waals surface area (Å²) in [5, 5.41) is 7.03. The fraction of sp³-hybridized carbons (Fsp3) is 0. The first-order chi connectivity index (χ1) is 2.56. The van der Waals surface area contributed by atoms with Gasteiger partial charge >= 0.3 is 17.1 Å². The maximum absolute atomic E-state index is 9.03. The van der Waals surface area contributed by atoms with E-state index in [1.165, 1.54) is 0 Å². The fourth-order valence-corrected chi connectivity index (χ4v) is 0. The Kier molecular flexibility index (Phi) is 5.29. The van der Waals surface area contributed by atoms with Gasteiger partial charge in [0.25, 0.3) is 0 Å². The van der Waals surface area contributed by atoms with Crippen molar-refractivity contribution in [2.45, 2.75) is 0 Å². The third-order valence-electron chi connectivity index (χ3n) is 0.112. The normalized spacial score (nSPS) is 10.3. The zero-order valence-electron chi connectivity index (χ0n) is 2.93. The van der Waals surface area contributed by atoms with E-state index in [2.05, 4.69) is 4.58 Å². The van der Waals surface area contributed by atoms with Crippen molar-refractivity contribution in [2.24, 2.45) is 0 Å². The minimum atomic E-state index is -5.33. The first-order valence-electron chi connectivity index (χ1n) is 0.999. The molecule has 0 bridgehead atoms. The van der Waals surface area contributed by atoms with Gasteiger partial charge in [-0.15, -0.1) is 0 Å². The minimum Gasteiger partial charge on any atom is -0.859 e. The van der Waals surface area contributed by atoms with Gasteiger partial charge in [0, 0.05) is 0 Å².